The van der Waals surface area contributed by atoms with Crippen LogP contribution in [0.25, 0.3) is 10.9 Å². The highest BCUT2D eigenvalue weighted by Gasteiger charge is 2.28. The van der Waals surface area contributed by atoms with E-state index in [-0.39, 0.29) is 11.9 Å². The van der Waals surface area contributed by atoms with E-state index in [4.69, 9.17) is 4.74 Å². The summed E-state index contributed by atoms with van der Waals surface area (Å²) >= 11 is 3.54. The molecule has 1 saturated heterocycles. The number of carbonyl (C=O) groups excluding carboxylic acids is 2. The third-order valence-electron chi connectivity index (χ3n) is 4.36. The molecule has 0 radical (unpaired) electrons. The summed E-state index contributed by atoms with van der Waals surface area (Å²) in [6, 6.07) is 7.84. The van der Waals surface area contributed by atoms with Gasteiger partial charge >= 0.3 is 6.09 Å². The van der Waals surface area contributed by atoms with E-state index in [2.05, 4.69) is 26.2 Å². The Bertz CT molecular complexity index is 817. The summed E-state index contributed by atoms with van der Waals surface area (Å²) in [6.45, 7) is 6.71. The number of ether oxygens (including phenoxy) is 1. The Morgan fingerprint density at radius 1 is 1.23 bits per heavy atom. The van der Waals surface area contributed by atoms with E-state index in [1.165, 1.54) is 0 Å². The summed E-state index contributed by atoms with van der Waals surface area (Å²) in [4.78, 5) is 29.8. The number of aromatic amines is 1. The molecule has 0 bridgehead atoms. The number of hydrogen-bond donors (Lipinski definition) is 2. The summed E-state index contributed by atoms with van der Waals surface area (Å²) < 4.78 is 6.09. The van der Waals surface area contributed by atoms with Gasteiger partial charge in [0, 0.05) is 30.0 Å². The van der Waals surface area contributed by atoms with Crippen LogP contribution in [0, 0.1) is 0 Å². The van der Waals surface area contributed by atoms with Crippen LogP contribution in [-0.4, -0.2) is 46.6 Å². The van der Waals surface area contributed by atoms with E-state index in [0.717, 1.165) is 15.4 Å². The SMILES string of the molecule is CC(C)(C)OC(=O)NC1CCN(C(=O)c2[nH]c3ccccc3c2Br)CC1. The molecule has 7 heteroatoms. The second kappa shape index (κ2) is 7.31. The standard InChI is InChI=1S/C19H24BrN3O3/c1-19(2,3)26-18(25)21-12-8-10-23(11-9-12)17(24)16-15(20)13-6-4-5-7-14(13)22-16/h4-7,12,22H,8-11H2,1-3H3,(H,21,25). The van der Waals surface area contributed by atoms with Crippen LogP contribution >= 0.6 is 15.9 Å². The number of rotatable bonds is 2. The fraction of sp³-hybridized carbons (Fsp3) is 0.474. The molecule has 0 unspecified atom stereocenters. The predicted molar refractivity (Wildman–Crippen MR) is 104 cm³/mol. The molecule has 140 valence electrons. The molecule has 0 saturated carbocycles. The number of likely N-dealkylation sites (tertiary alicyclic amines) is 1. The molecule has 1 aromatic carbocycles. The Hall–Kier alpha value is -2.02. The van der Waals surface area contributed by atoms with E-state index in [1.54, 1.807) is 0 Å². The lowest BCUT2D eigenvalue weighted by Gasteiger charge is -2.32. The number of piperidine rings is 1. The van der Waals surface area contributed by atoms with Gasteiger partial charge in [0.15, 0.2) is 0 Å². The average molecular weight is 422 g/mol. The number of H-pyrrole nitrogens is 1. The van der Waals surface area contributed by atoms with Crippen molar-refractivity contribution in [3.05, 3.63) is 34.4 Å². The third-order valence-corrected chi connectivity index (χ3v) is 5.18. The Kier molecular flexibility index (Phi) is 5.27. The second-order valence-corrected chi connectivity index (χ2v) is 8.37. The molecule has 0 atom stereocenters. The zero-order valence-electron chi connectivity index (χ0n) is 15.3. The predicted octanol–water partition coefficient (Wildman–Crippen LogP) is 4.06. The molecule has 1 aromatic heterocycles. The fourth-order valence-corrected chi connectivity index (χ4v) is 3.73. The smallest absolute Gasteiger partial charge is 0.407 e. The van der Waals surface area contributed by atoms with Crippen LogP contribution in [0.5, 0.6) is 0 Å². The lowest BCUT2D eigenvalue weighted by atomic mass is 10.0. The van der Waals surface area contributed by atoms with Crippen LogP contribution in [0.3, 0.4) is 0 Å². The number of nitrogens with zero attached hydrogens (tertiary/aromatic N) is 1. The highest BCUT2D eigenvalue weighted by Crippen LogP contribution is 2.29. The van der Waals surface area contributed by atoms with Gasteiger partial charge in [-0.2, -0.15) is 0 Å². The molecule has 0 aliphatic carbocycles. The van der Waals surface area contributed by atoms with E-state index in [0.29, 0.717) is 31.6 Å². The second-order valence-electron chi connectivity index (χ2n) is 7.57. The Morgan fingerprint density at radius 2 is 1.88 bits per heavy atom. The molecule has 26 heavy (non-hydrogen) atoms. The van der Waals surface area contributed by atoms with Gasteiger partial charge in [-0.1, -0.05) is 18.2 Å². The van der Waals surface area contributed by atoms with Crippen LogP contribution in [0.15, 0.2) is 28.7 Å². The summed E-state index contributed by atoms with van der Waals surface area (Å²) in [5, 5.41) is 3.89. The quantitative estimate of drug-likeness (QED) is 0.767. The topological polar surface area (TPSA) is 74.4 Å². The highest BCUT2D eigenvalue weighted by atomic mass is 79.9. The van der Waals surface area contributed by atoms with Crippen LogP contribution in [0.4, 0.5) is 4.79 Å². The molecule has 3 rings (SSSR count). The van der Waals surface area contributed by atoms with Crippen molar-refractivity contribution in [3.8, 4) is 0 Å². The van der Waals surface area contributed by atoms with Crippen molar-refractivity contribution < 1.29 is 14.3 Å². The lowest BCUT2D eigenvalue weighted by Crippen LogP contribution is -2.47. The molecule has 2 aromatic rings. The average Bonchev–Trinajstić information content (AvgIpc) is 2.90. The molecule has 2 heterocycles. The van der Waals surface area contributed by atoms with Crippen molar-refractivity contribution in [3.63, 3.8) is 0 Å². The van der Waals surface area contributed by atoms with Gasteiger partial charge in [-0.05, 0) is 55.6 Å². The maximum atomic E-state index is 12.9. The van der Waals surface area contributed by atoms with Gasteiger partial charge in [-0.25, -0.2) is 4.79 Å². The number of carbonyl (C=O) groups is 2. The van der Waals surface area contributed by atoms with E-state index in [1.807, 2.05) is 49.9 Å². The lowest BCUT2D eigenvalue weighted by molar-refractivity contribution is 0.0473. The third kappa shape index (κ3) is 4.20. The minimum absolute atomic E-state index is 0.0243. The van der Waals surface area contributed by atoms with Gasteiger partial charge in [-0.15, -0.1) is 0 Å². The molecule has 2 amide bonds. The first-order valence-electron chi connectivity index (χ1n) is 8.79. The van der Waals surface area contributed by atoms with Crippen molar-refractivity contribution in [2.75, 3.05) is 13.1 Å². The maximum Gasteiger partial charge on any atom is 0.407 e. The highest BCUT2D eigenvalue weighted by molar-refractivity contribution is 9.10. The number of amides is 2. The van der Waals surface area contributed by atoms with Gasteiger partial charge < -0.3 is 19.9 Å². The number of alkyl carbamates (subject to hydrolysis) is 1. The van der Waals surface area contributed by atoms with Crippen LogP contribution in [0.1, 0.15) is 44.1 Å². The number of hydrogen-bond acceptors (Lipinski definition) is 3. The zero-order chi connectivity index (χ0) is 18.9. The monoisotopic (exact) mass is 421 g/mol. The van der Waals surface area contributed by atoms with Crippen molar-refractivity contribution in [2.24, 2.45) is 0 Å². The Morgan fingerprint density at radius 3 is 2.50 bits per heavy atom. The first-order valence-corrected chi connectivity index (χ1v) is 9.59. The van der Waals surface area contributed by atoms with E-state index in [9.17, 15) is 9.59 Å². The normalized spacial score (nSPS) is 15.9. The number of aromatic nitrogens is 1. The van der Waals surface area contributed by atoms with Crippen molar-refractivity contribution >= 4 is 38.8 Å². The van der Waals surface area contributed by atoms with Gasteiger partial charge in [0.25, 0.3) is 5.91 Å². The van der Waals surface area contributed by atoms with E-state index < -0.39 is 11.7 Å². The molecular formula is C19H24BrN3O3. The maximum absolute atomic E-state index is 12.9. The summed E-state index contributed by atoms with van der Waals surface area (Å²) in [5.41, 5.74) is 0.997. The molecular weight excluding hydrogens is 398 g/mol. The minimum Gasteiger partial charge on any atom is -0.444 e. The molecule has 2 N–H and O–H groups in total. The van der Waals surface area contributed by atoms with Crippen molar-refractivity contribution in [1.82, 2.24) is 15.2 Å². The number of para-hydroxylation sites is 1. The zero-order valence-corrected chi connectivity index (χ0v) is 16.9. The summed E-state index contributed by atoms with van der Waals surface area (Å²) in [7, 11) is 0. The van der Waals surface area contributed by atoms with Crippen LogP contribution in [0.2, 0.25) is 0 Å². The largest absolute Gasteiger partial charge is 0.444 e. The Balaban J connectivity index is 1.60. The Labute approximate surface area is 161 Å². The molecule has 1 aliphatic heterocycles. The summed E-state index contributed by atoms with van der Waals surface area (Å²) in [5.74, 6) is -0.0243. The molecule has 6 nitrogen and oxygen atoms in total. The first kappa shape index (κ1) is 18.8. The minimum atomic E-state index is -0.511. The van der Waals surface area contributed by atoms with E-state index >= 15 is 0 Å². The molecule has 1 aliphatic rings. The van der Waals surface area contributed by atoms with Crippen LogP contribution in [-0.2, 0) is 4.74 Å². The van der Waals surface area contributed by atoms with Crippen molar-refractivity contribution in [1.29, 1.82) is 0 Å². The van der Waals surface area contributed by atoms with Crippen molar-refractivity contribution in [2.45, 2.75) is 45.3 Å². The first-order chi connectivity index (χ1) is 12.2. The van der Waals surface area contributed by atoms with Gasteiger partial charge in [0.1, 0.15) is 11.3 Å². The van der Waals surface area contributed by atoms with Gasteiger partial charge in [-0.3, -0.25) is 4.79 Å². The summed E-state index contributed by atoms with van der Waals surface area (Å²) in [6.07, 6.45) is 1.02. The fourth-order valence-electron chi connectivity index (χ4n) is 3.11. The number of nitrogens with one attached hydrogen (secondary N) is 2. The molecule has 1 fully saturated rings. The van der Waals surface area contributed by atoms with Crippen LogP contribution < -0.4 is 5.32 Å². The molecule has 0 spiro atoms. The van der Waals surface area contributed by atoms with Gasteiger partial charge in [0.2, 0.25) is 0 Å². The number of benzene rings is 1. The van der Waals surface area contributed by atoms with Gasteiger partial charge in [0.05, 0.1) is 4.47 Å². The number of halogens is 1. The number of fused-ring (bicyclic) bond motifs is 1.